The molecular weight excluding hydrogens is 224 g/mol. The number of benzene rings is 1. The Kier molecular flexibility index (Phi) is 3.60. The lowest BCUT2D eigenvalue weighted by atomic mass is 10.00. The summed E-state index contributed by atoms with van der Waals surface area (Å²) in [5, 5.41) is 0. The van der Waals surface area contributed by atoms with Crippen molar-refractivity contribution in [2.45, 2.75) is 26.7 Å². The third-order valence-corrected chi connectivity index (χ3v) is 2.96. The molecule has 3 nitrogen and oxygen atoms in total. The van der Waals surface area contributed by atoms with Crippen molar-refractivity contribution in [1.82, 2.24) is 9.97 Å². The molecule has 18 heavy (non-hydrogen) atoms. The minimum Gasteiger partial charge on any atom is -0.480 e. The molecular formula is C15H18N2O. The largest absolute Gasteiger partial charge is 0.480 e. The molecule has 0 spiro atoms. The van der Waals surface area contributed by atoms with Gasteiger partial charge in [0.25, 0.3) is 0 Å². The third-order valence-electron chi connectivity index (χ3n) is 2.96. The monoisotopic (exact) mass is 242 g/mol. The van der Waals surface area contributed by atoms with E-state index in [0.717, 1.165) is 17.0 Å². The SMILES string of the molecule is COc1nc(C)ncc1-c1ccc(C(C)C)cc1. The fourth-order valence-corrected chi connectivity index (χ4v) is 1.85. The highest BCUT2D eigenvalue weighted by Gasteiger charge is 2.08. The number of hydrogen-bond donors (Lipinski definition) is 0. The zero-order valence-electron chi connectivity index (χ0n) is 11.3. The molecule has 1 heterocycles. The van der Waals surface area contributed by atoms with Gasteiger partial charge in [0.1, 0.15) is 5.82 Å². The predicted molar refractivity (Wildman–Crippen MR) is 72.8 cm³/mol. The van der Waals surface area contributed by atoms with Crippen molar-refractivity contribution in [3.8, 4) is 17.0 Å². The highest BCUT2D eigenvalue weighted by molar-refractivity contribution is 5.67. The van der Waals surface area contributed by atoms with E-state index in [1.807, 2.05) is 13.1 Å². The average Bonchev–Trinajstić information content (AvgIpc) is 2.38. The van der Waals surface area contributed by atoms with Gasteiger partial charge in [0.2, 0.25) is 5.88 Å². The topological polar surface area (TPSA) is 35.0 Å². The van der Waals surface area contributed by atoms with Crippen molar-refractivity contribution in [2.24, 2.45) is 0 Å². The minimum absolute atomic E-state index is 0.537. The molecule has 0 fully saturated rings. The second-order valence-corrected chi connectivity index (χ2v) is 4.62. The molecule has 0 unspecified atom stereocenters. The first kappa shape index (κ1) is 12.6. The van der Waals surface area contributed by atoms with Crippen molar-refractivity contribution in [2.75, 3.05) is 7.11 Å². The van der Waals surface area contributed by atoms with Crippen molar-refractivity contribution >= 4 is 0 Å². The molecule has 0 saturated carbocycles. The summed E-state index contributed by atoms with van der Waals surface area (Å²) in [6.07, 6.45) is 1.81. The quantitative estimate of drug-likeness (QED) is 0.825. The molecule has 1 aromatic heterocycles. The van der Waals surface area contributed by atoms with E-state index < -0.39 is 0 Å². The molecule has 2 aromatic rings. The van der Waals surface area contributed by atoms with E-state index in [1.165, 1.54) is 5.56 Å². The lowest BCUT2D eigenvalue weighted by Crippen LogP contribution is -1.96. The molecule has 0 saturated heterocycles. The standard InChI is InChI=1S/C15H18N2O/c1-10(2)12-5-7-13(8-6-12)14-9-16-11(3)17-15(14)18-4/h5-10H,1-4H3. The van der Waals surface area contributed by atoms with Gasteiger partial charge in [-0.3, -0.25) is 0 Å². The highest BCUT2D eigenvalue weighted by atomic mass is 16.5. The number of hydrogen-bond acceptors (Lipinski definition) is 3. The molecule has 3 heteroatoms. The van der Waals surface area contributed by atoms with Crippen LogP contribution in [0.3, 0.4) is 0 Å². The van der Waals surface area contributed by atoms with Crippen molar-refractivity contribution in [3.63, 3.8) is 0 Å². The van der Waals surface area contributed by atoms with Crippen LogP contribution in [-0.2, 0) is 0 Å². The molecule has 0 aliphatic rings. The normalized spacial score (nSPS) is 10.7. The molecule has 1 aromatic carbocycles. The zero-order valence-corrected chi connectivity index (χ0v) is 11.3. The van der Waals surface area contributed by atoms with Crippen molar-refractivity contribution in [3.05, 3.63) is 41.9 Å². The lowest BCUT2D eigenvalue weighted by Gasteiger charge is -2.09. The number of methoxy groups -OCH3 is 1. The van der Waals surface area contributed by atoms with Gasteiger partial charge in [-0.1, -0.05) is 38.1 Å². The van der Waals surface area contributed by atoms with Gasteiger partial charge in [-0.15, -0.1) is 0 Å². The van der Waals surface area contributed by atoms with Gasteiger partial charge in [0.15, 0.2) is 0 Å². The van der Waals surface area contributed by atoms with Gasteiger partial charge in [0.05, 0.1) is 12.7 Å². The Morgan fingerprint density at radius 2 is 1.78 bits per heavy atom. The van der Waals surface area contributed by atoms with Gasteiger partial charge in [0, 0.05) is 6.20 Å². The van der Waals surface area contributed by atoms with Crippen LogP contribution in [0.25, 0.3) is 11.1 Å². The first-order valence-electron chi connectivity index (χ1n) is 6.09. The average molecular weight is 242 g/mol. The van der Waals surface area contributed by atoms with Crippen LogP contribution < -0.4 is 4.74 Å². The van der Waals surface area contributed by atoms with Gasteiger partial charge < -0.3 is 4.74 Å². The molecule has 2 rings (SSSR count). The van der Waals surface area contributed by atoms with Gasteiger partial charge in [-0.25, -0.2) is 4.98 Å². The van der Waals surface area contributed by atoms with Crippen molar-refractivity contribution in [1.29, 1.82) is 0 Å². The summed E-state index contributed by atoms with van der Waals surface area (Å²) in [5.41, 5.74) is 3.33. The molecule has 0 N–H and O–H groups in total. The Bertz CT molecular complexity index is 533. The van der Waals surface area contributed by atoms with E-state index in [1.54, 1.807) is 7.11 Å². The Labute approximate surface area is 108 Å². The maximum atomic E-state index is 5.31. The summed E-state index contributed by atoms with van der Waals surface area (Å²) in [5.74, 6) is 1.88. The van der Waals surface area contributed by atoms with E-state index in [4.69, 9.17) is 4.74 Å². The third kappa shape index (κ3) is 2.50. The maximum absolute atomic E-state index is 5.31. The molecule has 0 bridgehead atoms. The summed E-state index contributed by atoms with van der Waals surface area (Å²) in [6.45, 7) is 6.23. The summed E-state index contributed by atoms with van der Waals surface area (Å²) in [7, 11) is 1.63. The maximum Gasteiger partial charge on any atom is 0.224 e. The number of rotatable bonds is 3. The van der Waals surface area contributed by atoms with Crippen LogP contribution >= 0.6 is 0 Å². The van der Waals surface area contributed by atoms with E-state index in [9.17, 15) is 0 Å². The molecule has 0 radical (unpaired) electrons. The van der Waals surface area contributed by atoms with E-state index in [2.05, 4.69) is 48.1 Å². The number of nitrogens with zero attached hydrogens (tertiary/aromatic N) is 2. The fraction of sp³-hybridized carbons (Fsp3) is 0.333. The predicted octanol–water partition coefficient (Wildman–Crippen LogP) is 3.58. The number of ether oxygens (including phenoxy) is 1. The van der Waals surface area contributed by atoms with Crippen LogP contribution in [0.2, 0.25) is 0 Å². The molecule has 0 aliphatic heterocycles. The summed E-state index contributed by atoms with van der Waals surface area (Å²) >= 11 is 0. The first-order chi connectivity index (χ1) is 8.61. The number of aromatic nitrogens is 2. The second-order valence-electron chi connectivity index (χ2n) is 4.62. The van der Waals surface area contributed by atoms with Gasteiger partial charge in [-0.2, -0.15) is 4.98 Å². The van der Waals surface area contributed by atoms with E-state index in [0.29, 0.717) is 11.8 Å². The summed E-state index contributed by atoms with van der Waals surface area (Å²) in [4.78, 5) is 8.52. The highest BCUT2D eigenvalue weighted by Crippen LogP contribution is 2.28. The van der Waals surface area contributed by atoms with Crippen LogP contribution in [0.5, 0.6) is 5.88 Å². The second kappa shape index (κ2) is 5.17. The van der Waals surface area contributed by atoms with Crippen LogP contribution in [0.4, 0.5) is 0 Å². The lowest BCUT2D eigenvalue weighted by molar-refractivity contribution is 0.397. The molecule has 0 amide bonds. The Morgan fingerprint density at radius 3 is 2.33 bits per heavy atom. The molecule has 94 valence electrons. The summed E-state index contributed by atoms with van der Waals surface area (Å²) < 4.78 is 5.31. The van der Waals surface area contributed by atoms with Crippen LogP contribution in [0.15, 0.2) is 30.5 Å². The van der Waals surface area contributed by atoms with E-state index >= 15 is 0 Å². The molecule has 0 aliphatic carbocycles. The first-order valence-corrected chi connectivity index (χ1v) is 6.09. The van der Waals surface area contributed by atoms with Crippen molar-refractivity contribution < 1.29 is 4.74 Å². The summed E-state index contributed by atoms with van der Waals surface area (Å²) in [6, 6.07) is 8.45. The number of aryl methyl sites for hydroxylation is 1. The minimum atomic E-state index is 0.537. The Morgan fingerprint density at radius 1 is 1.11 bits per heavy atom. The zero-order chi connectivity index (χ0) is 13.1. The Hall–Kier alpha value is -1.90. The van der Waals surface area contributed by atoms with Gasteiger partial charge in [-0.05, 0) is 24.0 Å². The van der Waals surface area contributed by atoms with Crippen LogP contribution in [0, 0.1) is 6.92 Å². The smallest absolute Gasteiger partial charge is 0.224 e. The molecule has 0 atom stereocenters. The van der Waals surface area contributed by atoms with E-state index in [-0.39, 0.29) is 0 Å². The van der Waals surface area contributed by atoms with Gasteiger partial charge >= 0.3 is 0 Å². The van der Waals surface area contributed by atoms with Crippen LogP contribution in [0.1, 0.15) is 31.2 Å². The fourth-order valence-electron chi connectivity index (χ4n) is 1.85. The van der Waals surface area contributed by atoms with Crippen LogP contribution in [-0.4, -0.2) is 17.1 Å². The Balaban J connectivity index is 2.42.